The van der Waals surface area contributed by atoms with E-state index in [0.29, 0.717) is 0 Å². The molecular weight excluding hydrogens is 292 g/mol. The summed E-state index contributed by atoms with van der Waals surface area (Å²) in [6.07, 6.45) is 2.84. The predicted octanol–water partition coefficient (Wildman–Crippen LogP) is 4.35. The van der Waals surface area contributed by atoms with E-state index in [2.05, 4.69) is 48.8 Å². The molecule has 1 heterocycles. The fourth-order valence-electron chi connectivity index (χ4n) is 2.21. The van der Waals surface area contributed by atoms with Gasteiger partial charge in [0.25, 0.3) is 0 Å². The van der Waals surface area contributed by atoms with Crippen LogP contribution in [0.4, 0.5) is 0 Å². The topological polar surface area (TPSA) is 18.5 Å². The minimum absolute atomic E-state index is 0.147. The first-order valence-corrected chi connectivity index (χ1v) is 7.01. The summed E-state index contributed by atoms with van der Waals surface area (Å²) >= 11 is 3.57. The summed E-state index contributed by atoms with van der Waals surface area (Å²) in [6.45, 7) is 6.28. The average Bonchev–Trinajstić information content (AvgIpc) is 2.27. The Bertz CT molecular complexity index is 425. The molecule has 0 aromatic heterocycles. The van der Waals surface area contributed by atoms with Gasteiger partial charge in [0.2, 0.25) is 0 Å². The average molecular weight is 311 g/mol. The molecule has 1 aliphatic heterocycles. The Balaban J connectivity index is 2.13. The van der Waals surface area contributed by atoms with Crippen LogP contribution in [-0.4, -0.2) is 18.0 Å². The van der Waals surface area contributed by atoms with Crippen molar-refractivity contribution < 1.29 is 9.47 Å². The molecule has 2 rings (SSSR count). The van der Waals surface area contributed by atoms with Gasteiger partial charge in [-0.1, -0.05) is 46.3 Å². The minimum atomic E-state index is -0.316. The van der Waals surface area contributed by atoms with Crippen LogP contribution < -0.4 is 0 Å². The zero-order valence-corrected chi connectivity index (χ0v) is 12.6. The van der Waals surface area contributed by atoms with Crippen molar-refractivity contribution in [2.45, 2.75) is 45.2 Å². The molecule has 1 aromatic rings. The van der Waals surface area contributed by atoms with Crippen molar-refractivity contribution in [3.05, 3.63) is 40.4 Å². The van der Waals surface area contributed by atoms with Crippen molar-refractivity contribution in [3.63, 3.8) is 0 Å². The SMILES string of the molecule is CC1CC(C)(C)OC(C(Br)=Cc2ccccc2)O1. The van der Waals surface area contributed by atoms with Crippen molar-refractivity contribution in [2.24, 2.45) is 0 Å². The van der Waals surface area contributed by atoms with Crippen LogP contribution in [0.1, 0.15) is 32.8 Å². The minimum Gasteiger partial charge on any atom is -0.345 e. The van der Waals surface area contributed by atoms with Gasteiger partial charge in [-0.3, -0.25) is 0 Å². The van der Waals surface area contributed by atoms with E-state index in [1.807, 2.05) is 24.3 Å². The number of halogens is 1. The predicted molar refractivity (Wildman–Crippen MR) is 77.5 cm³/mol. The molecule has 0 bridgehead atoms. The van der Waals surface area contributed by atoms with Gasteiger partial charge in [0.05, 0.1) is 16.2 Å². The third-order valence-electron chi connectivity index (χ3n) is 2.89. The molecular formula is C15H19BrO2. The molecule has 0 spiro atoms. The van der Waals surface area contributed by atoms with Gasteiger partial charge in [-0.05, 0) is 32.4 Å². The Morgan fingerprint density at radius 2 is 2.00 bits per heavy atom. The fraction of sp³-hybridized carbons (Fsp3) is 0.467. The van der Waals surface area contributed by atoms with Gasteiger partial charge in [0, 0.05) is 6.42 Å². The lowest BCUT2D eigenvalue weighted by Crippen LogP contribution is -2.43. The molecule has 1 aliphatic rings. The van der Waals surface area contributed by atoms with Gasteiger partial charge in [0.1, 0.15) is 0 Å². The van der Waals surface area contributed by atoms with Crippen LogP contribution >= 0.6 is 15.9 Å². The largest absolute Gasteiger partial charge is 0.345 e. The van der Waals surface area contributed by atoms with E-state index >= 15 is 0 Å². The molecule has 0 amide bonds. The van der Waals surface area contributed by atoms with Crippen molar-refractivity contribution in [3.8, 4) is 0 Å². The third-order valence-corrected chi connectivity index (χ3v) is 3.49. The Hall–Kier alpha value is -0.640. The van der Waals surface area contributed by atoms with Crippen LogP contribution in [0.15, 0.2) is 34.8 Å². The molecule has 3 heteroatoms. The molecule has 0 saturated carbocycles. The number of hydrogen-bond donors (Lipinski definition) is 0. The molecule has 0 N–H and O–H groups in total. The molecule has 98 valence electrons. The summed E-state index contributed by atoms with van der Waals surface area (Å²) in [5.41, 5.74) is 0.985. The second kappa shape index (κ2) is 5.55. The van der Waals surface area contributed by atoms with Gasteiger partial charge < -0.3 is 9.47 Å². The lowest BCUT2D eigenvalue weighted by Gasteiger charge is -2.39. The van der Waals surface area contributed by atoms with E-state index in [9.17, 15) is 0 Å². The smallest absolute Gasteiger partial charge is 0.191 e. The summed E-state index contributed by atoms with van der Waals surface area (Å²) in [5, 5.41) is 0. The first kappa shape index (κ1) is 13.8. The number of ether oxygens (including phenoxy) is 2. The molecule has 0 aliphatic carbocycles. The van der Waals surface area contributed by atoms with Gasteiger partial charge in [-0.2, -0.15) is 0 Å². The first-order chi connectivity index (χ1) is 8.46. The van der Waals surface area contributed by atoms with Crippen LogP contribution in [-0.2, 0) is 9.47 Å². The van der Waals surface area contributed by atoms with Crippen molar-refractivity contribution >= 4 is 22.0 Å². The molecule has 1 saturated heterocycles. The molecule has 2 unspecified atom stereocenters. The molecule has 0 radical (unpaired) electrons. The van der Waals surface area contributed by atoms with E-state index in [1.165, 1.54) is 0 Å². The molecule has 18 heavy (non-hydrogen) atoms. The van der Waals surface area contributed by atoms with Gasteiger partial charge >= 0.3 is 0 Å². The zero-order chi connectivity index (χ0) is 13.2. The van der Waals surface area contributed by atoms with Crippen LogP contribution in [0.3, 0.4) is 0 Å². The fourth-order valence-corrected chi connectivity index (χ4v) is 2.68. The number of rotatable bonds is 2. The highest BCUT2D eigenvalue weighted by atomic mass is 79.9. The number of hydrogen-bond acceptors (Lipinski definition) is 2. The molecule has 1 fully saturated rings. The second-order valence-corrected chi connectivity index (χ2v) is 6.22. The third kappa shape index (κ3) is 3.67. The Labute approximate surface area is 117 Å². The molecule has 1 aromatic carbocycles. The quantitative estimate of drug-likeness (QED) is 0.808. The Morgan fingerprint density at radius 1 is 1.33 bits per heavy atom. The van der Waals surface area contributed by atoms with E-state index in [1.54, 1.807) is 0 Å². The molecule has 2 nitrogen and oxygen atoms in total. The van der Waals surface area contributed by atoms with Crippen molar-refractivity contribution in [2.75, 3.05) is 0 Å². The summed E-state index contributed by atoms with van der Waals surface area (Å²) in [5.74, 6) is 0. The van der Waals surface area contributed by atoms with E-state index in [4.69, 9.17) is 9.47 Å². The maximum Gasteiger partial charge on any atom is 0.191 e. The maximum atomic E-state index is 5.94. The second-order valence-electron chi connectivity index (χ2n) is 5.30. The molecule has 2 atom stereocenters. The highest BCUT2D eigenvalue weighted by molar-refractivity contribution is 9.11. The van der Waals surface area contributed by atoms with Gasteiger partial charge in [-0.15, -0.1) is 0 Å². The van der Waals surface area contributed by atoms with Crippen LogP contribution in [0, 0.1) is 0 Å². The Morgan fingerprint density at radius 3 is 2.61 bits per heavy atom. The van der Waals surface area contributed by atoms with E-state index in [0.717, 1.165) is 16.5 Å². The van der Waals surface area contributed by atoms with Gasteiger partial charge in [-0.25, -0.2) is 0 Å². The Kier molecular flexibility index (Phi) is 4.25. The maximum absolute atomic E-state index is 5.94. The van der Waals surface area contributed by atoms with Crippen LogP contribution in [0.25, 0.3) is 6.08 Å². The lowest BCUT2D eigenvalue weighted by molar-refractivity contribution is -0.247. The summed E-state index contributed by atoms with van der Waals surface area (Å²) in [4.78, 5) is 0. The summed E-state index contributed by atoms with van der Waals surface area (Å²) in [7, 11) is 0. The monoisotopic (exact) mass is 310 g/mol. The lowest BCUT2D eigenvalue weighted by atomic mass is 10.00. The highest BCUT2D eigenvalue weighted by Gasteiger charge is 2.34. The van der Waals surface area contributed by atoms with Crippen molar-refractivity contribution in [1.82, 2.24) is 0 Å². The van der Waals surface area contributed by atoms with Gasteiger partial charge in [0.15, 0.2) is 6.29 Å². The highest BCUT2D eigenvalue weighted by Crippen LogP contribution is 2.33. The summed E-state index contributed by atoms with van der Waals surface area (Å²) in [6, 6.07) is 10.1. The summed E-state index contributed by atoms with van der Waals surface area (Å²) < 4.78 is 12.7. The normalized spacial score (nSPS) is 28.1. The van der Waals surface area contributed by atoms with Crippen molar-refractivity contribution in [1.29, 1.82) is 0 Å². The number of benzene rings is 1. The van der Waals surface area contributed by atoms with Crippen LogP contribution in [0.5, 0.6) is 0 Å². The first-order valence-electron chi connectivity index (χ1n) is 6.22. The zero-order valence-electron chi connectivity index (χ0n) is 11.0. The van der Waals surface area contributed by atoms with Crippen LogP contribution in [0.2, 0.25) is 0 Å². The van der Waals surface area contributed by atoms with E-state index in [-0.39, 0.29) is 18.0 Å². The standard InChI is InChI=1S/C15H19BrO2/c1-11-10-15(2,3)18-14(17-11)13(16)9-12-7-5-4-6-8-12/h4-9,11,14H,10H2,1-3H3. The van der Waals surface area contributed by atoms with E-state index < -0.39 is 0 Å².